The second-order valence-corrected chi connectivity index (χ2v) is 5.52. The number of hydrogen-bond acceptors (Lipinski definition) is 4. The largest absolute Gasteiger partial charge is 0.493 e. The standard InChI is InChI=1S/C15H23NO3S/c1-3-8-15(12-20,9-4-2)11-19-14-7-5-6-13(10-14)16(17)18/h5-7,10,20H,3-4,8-9,11-12H2,1-2H3. The lowest BCUT2D eigenvalue weighted by Gasteiger charge is -2.31. The van der Waals surface area contributed by atoms with E-state index in [1.807, 2.05) is 0 Å². The molecule has 0 aliphatic rings. The molecule has 0 N–H and O–H groups in total. The number of nitro benzene ring substituents is 1. The van der Waals surface area contributed by atoms with Crippen LogP contribution in [0.4, 0.5) is 5.69 Å². The van der Waals surface area contributed by atoms with Gasteiger partial charge < -0.3 is 4.74 Å². The van der Waals surface area contributed by atoms with Crippen LogP contribution in [-0.4, -0.2) is 17.3 Å². The maximum atomic E-state index is 10.8. The minimum atomic E-state index is -0.406. The number of thiol groups is 1. The van der Waals surface area contributed by atoms with Crippen LogP contribution in [-0.2, 0) is 0 Å². The third-order valence-electron chi connectivity index (χ3n) is 3.47. The molecule has 0 saturated heterocycles. The Kier molecular flexibility index (Phi) is 6.85. The first-order valence-corrected chi connectivity index (χ1v) is 7.68. The van der Waals surface area contributed by atoms with Gasteiger partial charge in [-0.1, -0.05) is 32.8 Å². The van der Waals surface area contributed by atoms with Crippen molar-refractivity contribution in [1.29, 1.82) is 0 Å². The Bertz CT molecular complexity index is 431. The highest BCUT2D eigenvalue weighted by Gasteiger charge is 2.28. The van der Waals surface area contributed by atoms with E-state index >= 15 is 0 Å². The van der Waals surface area contributed by atoms with Crippen LogP contribution in [0.5, 0.6) is 5.75 Å². The Balaban J connectivity index is 2.76. The molecule has 1 aromatic carbocycles. The van der Waals surface area contributed by atoms with E-state index < -0.39 is 4.92 Å². The summed E-state index contributed by atoms with van der Waals surface area (Å²) in [4.78, 5) is 10.3. The highest BCUT2D eigenvalue weighted by molar-refractivity contribution is 7.80. The van der Waals surface area contributed by atoms with Crippen molar-refractivity contribution in [2.45, 2.75) is 39.5 Å². The quantitative estimate of drug-likeness (QED) is 0.415. The van der Waals surface area contributed by atoms with Gasteiger partial charge in [0.05, 0.1) is 17.6 Å². The second-order valence-electron chi connectivity index (χ2n) is 5.20. The van der Waals surface area contributed by atoms with Crippen LogP contribution in [0.1, 0.15) is 39.5 Å². The molecule has 1 aromatic rings. The van der Waals surface area contributed by atoms with Gasteiger partial charge in [0.25, 0.3) is 5.69 Å². The number of rotatable bonds is 9. The molecule has 0 unspecified atom stereocenters. The predicted octanol–water partition coefficient (Wildman–Crippen LogP) is 4.49. The molecule has 4 nitrogen and oxygen atoms in total. The Labute approximate surface area is 126 Å². The van der Waals surface area contributed by atoms with Crippen molar-refractivity contribution in [2.75, 3.05) is 12.4 Å². The summed E-state index contributed by atoms with van der Waals surface area (Å²) in [5, 5.41) is 10.8. The van der Waals surface area contributed by atoms with Crippen molar-refractivity contribution in [1.82, 2.24) is 0 Å². The molecule has 0 bridgehead atoms. The summed E-state index contributed by atoms with van der Waals surface area (Å²) in [7, 11) is 0. The van der Waals surface area contributed by atoms with Crippen LogP contribution in [0.25, 0.3) is 0 Å². The van der Waals surface area contributed by atoms with E-state index in [2.05, 4.69) is 26.5 Å². The third-order valence-corrected chi connectivity index (χ3v) is 4.14. The van der Waals surface area contributed by atoms with Gasteiger partial charge in [-0.25, -0.2) is 0 Å². The zero-order chi connectivity index (χ0) is 15.0. The summed E-state index contributed by atoms with van der Waals surface area (Å²) in [5.41, 5.74) is 0.113. The van der Waals surface area contributed by atoms with Crippen molar-refractivity contribution in [3.8, 4) is 5.75 Å². The molecule has 0 heterocycles. The minimum Gasteiger partial charge on any atom is -0.493 e. The van der Waals surface area contributed by atoms with Gasteiger partial charge in [-0.05, 0) is 24.7 Å². The van der Waals surface area contributed by atoms with E-state index in [0.29, 0.717) is 12.4 Å². The van der Waals surface area contributed by atoms with E-state index in [1.165, 1.54) is 12.1 Å². The number of benzene rings is 1. The van der Waals surface area contributed by atoms with E-state index in [1.54, 1.807) is 12.1 Å². The summed E-state index contributed by atoms with van der Waals surface area (Å²) < 4.78 is 5.80. The maximum absolute atomic E-state index is 10.8. The molecule has 0 radical (unpaired) electrons. The zero-order valence-electron chi connectivity index (χ0n) is 12.2. The smallest absolute Gasteiger partial charge is 0.273 e. The first-order valence-electron chi connectivity index (χ1n) is 7.05. The monoisotopic (exact) mass is 297 g/mol. The average molecular weight is 297 g/mol. The summed E-state index contributed by atoms with van der Waals surface area (Å²) >= 11 is 4.48. The van der Waals surface area contributed by atoms with Gasteiger partial charge >= 0.3 is 0 Å². The van der Waals surface area contributed by atoms with Gasteiger partial charge in [-0.2, -0.15) is 12.6 Å². The fourth-order valence-corrected chi connectivity index (χ4v) is 2.86. The molecule has 0 saturated carbocycles. The fourth-order valence-electron chi connectivity index (χ4n) is 2.46. The molecular formula is C15H23NO3S. The van der Waals surface area contributed by atoms with Gasteiger partial charge in [0, 0.05) is 11.5 Å². The second kappa shape index (κ2) is 8.15. The van der Waals surface area contributed by atoms with E-state index in [4.69, 9.17) is 4.74 Å². The van der Waals surface area contributed by atoms with Gasteiger partial charge in [0.2, 0.25) is 0 Å². The highest BCUT2D eigenvalue weighted by Crippen LogP contribution is 2.32. The predicted molar refractivity (Wildman–Crippen MR) is 84.7 cm³/mol. The van der Waals surface area contributed by atoms with Gasteiger partial charge in [0.1, 0.15) is 5.75 Å². The first kappa shape index (κ1) is 16.8. The van der Waals surface area contributed by atoms with Crippen LogP contribution in [0.2, 0.25) is 0 Å². The summed E-state index contributed by atoms with van der Waals surface area (Å²) in [6, 6.07) is 6.35. The minimum absolute atomic E-state index is 0.0528. The van der Waals surface area contributed by atoms with Gasteiger partial charge in [-0.3, -0.25) is 10.1 Å². The molecule has 0 aliphatic heterocycles. The van der Waals surface area contributed by atoms with Crippen LogP contribution in [0, 0.1) is 15.5 Å². The molecule has 0 aliphatic carbocycles. The number of nitro groups is 1. The molecule has 0 fully saturated rings. The number of hydrogen-bond donors (Lipinski definition) is 1. The molecule has 0 atom stereocenters. The van der Waals surface area contributed by atoms with Crippen LogP contribution >= 0.6 is 12.6 Å². The van der Waals surface area contributed by atoms with Crippen molar-refractivity contribution in [3.05, 3.63) is 34.4 Å². The highest BCUT2D eigenvalue weighted by atomic mass is 32.1. The number of nitrogens with zero attached hydrogens (tertiary/aromatic N) is 1. The lowest BCUT2D eigenvalue weighted by molar-refractivity contribution is -0.384. The average Bonchev–Trinajstić information content (AvgIpc) is 2.45. The lowest BCUT2D eigenvalue weighted by Crippen LogP contribution is -2.30. The zero-order valence-corrected chi connectivity index (χ0v) is 13.1. The Morgan fingerprint density at radius 3 is 2.45 bits per heavy atom. The SMILES string of the molecule is CCCC(CS)(CCC)COc1cccc([N+](=O)[O-])c1. The molecule has 0 spiro atoms. The fraction of sp³-hybridized carbons (Fsp3) is 0.600. The van der Waals surface area contributed by atoms with Gasteiger partial charge in [-0.15, -0.1) is 0 Å². The molecule has 1 rings (SSSR count). The van der Waals surface area contributed by atoms with Crippen LogP contribution < -0.4 is 4.74 Å². The molecule has 112 valence electrons. The maximum Gasteiger partial charge on any atom is 0.273 e. The third kappa shape index (κ3) is 4.71. The van der Waals surface area contributed by atoms with Crippen molar-refractivity contribution < 1.29 is 9.66 Å². The lowest BCUT2D eigenvalue weighted by atomic mass is 9.82. The topological polar surface area (TPSA) is 52.4 Å². The Hall–Kier alpha value is -1.23. The molecule has 0 aromatic heterocycles. The summed E-state index contributed by atoms with van der Waals surface area (Å²) in [6.07, 6.45) is 4.27. The summed E-state index contributed by atoms with van der Waals surface area (Å²) in [5.74, 6) is 1.32. The van der Waals surface area contributed by atoms with Gasteiger partial charge in [0.15, 0.2) is 0 Å². The van der Waals surface area contributed by atoms with E-state index in [9.17, 15) is 10.1 Å². The van der Waals surface area contributed by atoms with Crippen molar-refractivity contribution in [2.24, 2.45) is 5.41 Å². The summed E-state index contributed by atoms with van der Waals surface area (Å²) in [6.45, 7) is 4.86. The first-order chi connectivity index (χ1) is 9.56. The molecule has 20 heavy (non-hydrogen) atoms. The Morgan fingerprint density at radius 1 is 1.30 bits per heavy atom. The van der Waals surface area contributed by atoms with E-state index in [-0.39, 0.29) is 11.1 Å². The van der Waals surface area contributed by atoms with Crippen molar-refractivity contribution in [3.63, 3.8) is 0 Å². The number of ether oxygens (including phenoxy) is 1. The van der Waals surface area contributed by atoms with Crippen LogP contribution in [0.3, 0.4) is 0 Å². The molecule has 5 heteroatoms. The molecular weight excluding hydrogens is 274 g/mol. The van der Waals surface area contributed by atoms with Crippen LogP contribution in [0.15, 0.2) is 24.3 Å². The Morgan fingerprint density at radius 2 is 1.95 bits per heavy atom. The molecule has 0 amide bonds. The number of non-ortho nitro benzene ring substituents is 1. The normalized spacial score (nSPS) is 11.3. The van der Waals surface area contributed by atoms with Crippen molar-refractivity contribution >= 4 is 18.3 Å². The van der Waals surface area contributed by atoms with E-state index in [0.717, 1.165) is 31.4 Å².